The van der Waals surface area contributed by atoms with E-state index in [1.165, 1.54) is 18.2 Å². The second-order valence-electron chi connectivity index (χ2n) is 4.52. The van der Waals surface area contributed by atoms with Crippen LogP contribution in [0.25, 0.3) is 22.0 Å². The quantitative estimate of drug-likeness (QED) is 0.709. The number of hydrogen-bond donors (Lipinski definition) is 1. The molecule has 0 spiro atoms. The number of aryl methyl sites for hydroxylation is 1. The maximum Gasteiger partial charge on any atom is 0.124 e. The number of fused-ring (bicyclic) bond motifs is 1. The van der Waals surface area contributed by atoms with E-state index in [1.54, 1.807) is 0 Å². The van der Waals surface area contributed by atoms with Crippen molar-refractivity contribution in [2.24, 2.45) is 0 Å². The van der Waals surface area contributed by atoms with Gasteiger partial charge in [0, 0.05) is 16.6 Å². The van der Waals surface area contributed by atoms with Crippen molar-refractivity contribution in [3.63, 3.8) is 0 Å². The highest BCUT2D eigenvalue weighted by molar-refractivity contribution is 5.85. The van der Waals surface area contributed by atoms with E-state index in [0.29, 0.717) is 5.56 Å². The molecule has 0 aliphatic heterocycles. The van der Waals surface area contributed by atoms with Crippen LogP contribution in [0.1, 0.15) is 5.69 Å². The summed E-state index contributed by atoms with van der Waals surface area (Å²) in [5.74, 6) is -0.296. The molecule has 1 aromatic heterocycles. The summed E-state index contributed by atoms with van der Waals surface area (Å²) in [5.41, 5.74) is 3.10. The van der Waals surface area contributed by atoms with Gasteiger partial charge in [-0.3, -0.25) is 4.98 Å². The monoisotopic (exact) mass is 253 g/mol. The lowest BCUT2D eigenvalue weighted by atomic mass is 10.0. The van der Waals surface area contributed by atoms with Gasteiger partial charge in [0.1, 0.15) is 11.6 Å². The van der Waals surface area contributed by atoms with Crippen LogP contribution in [0, 0.1) is 12.7 Å². The van der Waals surface area contributed by atoms with Crippen LogP contribution in [0.4, 0.5) is 4.39 Å². The first-order valence-corrected chi connectivity index (χ1v) is 6.00. The summed E-state index contributed by atoms with van der Waals surface area (Å²) in [6.45, 7) is 1.94. The van der Waals surface area contributed by atoms with E-state index in [9.17, 15) is 9.50 Å². The van der Waals surface area contributed by atoms with Crippen LogP contribution in [0.2, 0.25) is 0 Å². The Morgan fingerprint density at radius 2 is 1.84 bits per heavy atom. The molecular formula is C16H12FNO. The van der Waals surface area contributed by atoms with Gasteiger partial charge in [0.15, 0.2) is 0 Å². The molecule has 3 heteroatoms. The highest BCUT2D eigenvalue weighted by Gasteiger charge is 2.07. The van der Waals surface area contributed by atoms with Crippen molar-refractivity contribution >= 4 is 10.9 Å². The molecule has 1 heterocycles. The molecule has 0 saturated carbocycles. The second-order valence-corrected chi connectivity index (χ2v) is 4.52. The zero-order chi connectivity index (χ0) is 13.4. The van der Waals surface area contributed by atoms with Gasteiger partial charge < -0.3 is 5.11 Å². The van der Waals surface area contributed by atoms with Gasteiger partial charge in [0.25, 0.3) is 0 Å². The molecule has 0 amide bonds. The van der Waals surface area contributed by atoms with Gasteiger partial charge in [0.05, 0.1) is 5.52 Å². The van der Waals surface area contributed by atoms with E-state index < -0.39 is 0 Å². The summed E-state index contributed by atoms with van der Waals surface area (Å²) in [6, 6.07) is 13.4. The highest BCUT2D eigenvalue weighted by atomic mass is 19.1. The van der Waals surface area contributed by atoms with Crippen LogP contribution < -0.4 is 0 Å². The van der Waals surface area contributed by atoms with E-state index in [1.807, 2.05) is 37.3 Å². The number of nitrogens with zero attached hydrogens (tertiary/aromatic N) is 1. The Morgan fingerprint density at radius 3 is 2.68 bits per heavy atom. The first-order chi connectivity index (χ1) is 9.13. The largest absolute Gasteiger partial charge is 0.507 e. The maximum atomic E-state index is 13.3. The molecule has 0 aliphatic carbocycles. The Bertz CT molecular complexity index is 768. The number of pyridine rings is 1. The fraction of sp³-hybridized carbons (Fsp3) is 0.0625. The molecule has 19 heavy (non-hydrogen) atoms. The number of phenols is 1. The molecular weight excluding hydrogens is 241 g/mol. The molecule has 0 radical (unpaired) electrons. The highest BCUT2D eigenvalue weighted by Crippen LogP contribution is 2.31. The van der Waals surface area contributed by atoms with Gasteiger partial charge >= 0.3 is 0 Å². The van der Waals surface area contributed by atoms with Crippen molar-refractivity contribution < 1.29 is 9.50 Å². The van der Waals surface area contributed by atoms with E-state index >= 15 is 0 Å². The molecule has 0 aliphatic rings. The third kappa shape index (κ3) is 2.15. The molecule has 1 N–H and O–H groups in total. The average molecular weight is 253 g/mol. The van der Waals surface area contributed by atoms with E-state index in [0.717, 1.165) is 22.2 Å². The smallest absolute Gasteiger partial charge is 0.124 e. The minimum Gasteiger partial charge on any atom is -0.507 e. The summed E-state index contributed by atoms with van der Waals surface area (Å²) in [4.78, 5) is 4.41. The zero-order valence-corrected chi connectivity index (χ0v) is 10.4. The number of benzene rings is 2. The third-order valence-electron chi connectivity index (χ3n) is 3.10. The van der Waals surface area contributed by atoms with Crippen LogP contribution >= 0.6 is 0 Å². The van der Waals surface area contributed by atoms with Gasteiger partial charge in [-0.25, -0.2) is 4.39 Å². The van der Waals surface area contributed by atoms with Crippen LogP contribution in [0.3, 0.4) is 0 Å². The Morgan fingerprint density at radius 1 is 1.00 bits per heavy atom. The lowest BCUT2D eigenvalue weighted by Crippen LogP contribution is -1.85. The SMILES string of the molecule is Cc1ccc2cc(-c3cc(F)ccc3O)ccc2n1. The predicted octanol–water partition coefficient (Wildman–Crippen LogP) is 4.05. The van der Waals surface area contributed by atoms with Gasteiger partial charge in [-0.2, -0.15) is 0 Å². The number of hydrogen-bond acceptors (Lipinski definition) is 2. The van der Waals surface area contributed by atoms with Gasteiger partial charge in [-0.15, -0.1) is 0 Å². The lowest BCUT2D eigenvalue weighted by molar-refractivity contribution is 0.475. The summed E-state index contributed by atoms with van der Waals surface area (Å²) < 4.78 is 13.3. The Kier molecular flexibility index (Phi) is 2.67. The number of rotatable bonds is 1. The number of aromatic hydroxyl groups is 1. The van der Waals surface area contributed by atoms with Crippen molar-refractivity contribution in [3.8, 4) is 16.9 Å². The van der Waals surface area contributed by atoms with E-state index in [2.05, 4.69) is 4.98 Å². The molecule has 0 saturated heterocycles. The minimum absolute atomic E-state index is 0.0702. The van der Waals surface area contributed by atoms with Gasteiger partial charge in [0.2, 0.25) is 0 Å². The molecule has 0 atom stereocenters. The van der Waals surface area contributed by atoms with Crippen LogP contribution in [0.5, 0.6) is 5.75 Å². The van der Waals surface area contributed by atoms with Crippen LogP contribution in [-0.4, -0.2) is 10.1 Å². The summed E-state index contributed by atoms with van der Waals surface area (Å²) >= 11 is 0. The predicted molar refractivity (Wildman–Crippen MR) is 73.5 cm³/mol. The molecule has 2 nitrogen and oxygen atoms in total. The molecule has 2 aromatic carbocycles. The van der Waals surface area contributed by atoms with Crippen LogP contribution in [0.15, 0.2) is 48.5 Å². The number of aromatic nitrogens is 1. The molecule has 3 aromatic rings. The second kappa shape index (κ2) is 4.35. The molecule has 0 unspecified atom stereocenters. The first kappa shape index (κ1) is 11.7. The van der Waals surface area contributed by atoms with Crippen molar-refractivity contribution in [1.29, 1.82) is 0 Å². The van der Waals surface area contributed by atoms with E-state index in [-0.39, 0.29) is 11.6 Å². The number of halogens is 1. The number of phenolic OH excluding ortho intramolecular Hbond substituents is 1. The fourth-order valence-electron chi connectivity index (χ4n) is 2.13. The van der Waals surface area contributed by atoms with Crippen molar-refractivity contribution in [3.05, 3.63) is 60.0 Å². The molecule has 3 rings (SSSR count). The van der Waals surface area contributed by atoms with Crippen molar-refractivity contribution in [1.82, 2.24) is 4.98 Å². The summed E-state index contributed by atoms with van der Waals surface area (Å²) in [7, 11) is 0. The Labute approximate surface area is 110 Å². The van der Waals surface area contributed by atoms with Crippen molar-refractivity contribution in [2.45, 2.75) is 6.92 Å². The van der Waals surface area contributed by atoms with Gasteiger partial charge in [-0.1, -0.05) is 12.1 Å². The van der Waals surface area contributed by atoms with E-state index in [4.69, 9.17) is 0 Å². The average Bonchev–Trinajstić information content (AvgIpc) is 2.41. The Hall–Kier alpha value is -2.42. The normalized spacial score (nSPS) is 10.8. The van der Waals surface area contributed by atoms with Gasteiger partial charge in [-0.05, 0) is 48.9 Å². The fourth-order valence-corrected chi connectivity index (χ4v) is 2.13. The lowest BCUT2D eigenvalue weighted by Gasteiger charge is -2.07. The summed E-state index contributed by atoms with van der Waals surface area (Å²) in [5, 5.41) is 10.8. The standard InChI is InChI=1S/C16H12FNO/c1-10-2-3-12-8-11(4-6-15(12)18-10)14-9-13(17)5-7-16(14)19/h2-9,19H,1H3. The van der Waals surface area contributed by atoms with Crippen molar-refractivity contribution in [2.75, 3.05) is 0 Å². The topological polar surface area (TPSA) is 33.1 Å². The molecule has 94 valence electrons. The third-order valence-corrected chi connectivity index (χ3v) is 3.10. The molecule has 0 bridgehead atoms. The summed E-state index contributed by atoms with van der Waals surface area (Å²) in [6.07, 6.45) is 0. The molecule has 0 fully saturated rings. The zero-order valence-electron chi connectivity index (χ0n) is 10.4. The first-order valence-electron chi connectivity index (χ1n) is 6.00. The Balaban J connectivity index is 2.20. The minimum atomic E-state index is -0.366. The van der Waals surface area contributed by atoms with Crippen LogP contribution in [-0.2, 0) is 0 Å². The maximum absolute atomic E-state index is 13.3.